The molecule has 0 aliphatic heterocycles. The molecular weight excluding hydrogens is 250 g/mol. The van der Waals surface area contributed by atoms with Gasteiger partial charge in [0.15, 0.2) is 0 Å². The van der Waals surface area contributed by atoms with Crippen LogP contribution in [-0.4, -0.2) is 22.9 Å². The van der Waals surface area contributed by atoms with Gasteiger partial charge in [-0.2, -0.15) is 5.26 Å². The molecule has 106 valence electrons. The predicted octanol–water partition coefficient (Wildman–Crippen LogP) is 2.03. The average Bonchev–Trinajstić information content (AvgIpc) is 3.28. The summed E-state index contributed by atoms with van der Waals surface area (Å²) in [4.78, 5) is 14.3. The van der Waals surface area contributed by atoms with Crippen molar-refractivity contribution >= 4 is 5.91 Å². The average molecular weight is 271 g/mol. The van der Waals surface area contributed by atoms with Crippen LogP contribution in [0.3, 0.4) is 0 Å². The van der Waals surface area contributed by atoms with Crippen LogP contribution in [0.2, 0.25) is 0 Å². The molecule has 0 radical (unpaired) electrons. The summed E-state index contributed by atoms with van der Waals surface area (Å²) in [5.41, 5.74) is 7.67. The van der Waals surface area contributed by atoms with E-state index in [1.54, 1.807) is 12.1 Å². The van der Waals surface area contributed by atoms with Gasteiger partial charge in [-0.15, -0.1) is 0 Å². The van der Waals surface area contributed by atoms with Crippen LogP contribution in [0.5, 0.6) is 0 Å². The number of nitriles is 1. The van der Waals surface area contributed by atoms with Gasteiger partial charge in [-0.3, -0.25) is 4.79 Å². The molecule has 2 N–H and O–H groups in total. The molecule has 4 nitrogen and oxygen atoms in total. The highest BCUT2D eigenvalue weighted by molar-refractivity contribution is 5.82. The molecule has 0 unspecified atom stereocenters. The molecule has 1 aromatic carbocycles. The van der Waals surface area contributed by atoms with E-state index in [1.165, 1.54) is 0 Å². The molecule has 1 saturated carbocycles. The molecule has 0 bridgehead atoms. The largest absolute Gasteiger partial charge is 0.334 e. The zero-order valence-electron chi connectivity index (χ0n) is 12.0. The molecular formula is C16H21N3O. The van der Waals surface area contributed by atoms with E-state index >= 15 is 0 Å². The van der Waals surface area contributed by atoms with Gasteiger partial charge in [0, 0.05) is 12.6 Å². The van der Waals surface area contributed by atoms with Crippen LogP contribution in [0.25, 0.3) is 0 Å². The van der Waals surface area contributed by atoms with Crippen molar-refractivity contribution in [2.75, 3.05) is 0 Å². The minimum atomic E-state index is -0.436. The number of hydrogen-bond donors (Lipinski definition) is 1. The summed E-state index contributed by atoms with van der Waals surface area (Å²) in [6, 6.07) is 9.38. The number of benzene rings is 1. The molecule has 1 atom stereocenters. The van der Waals surface area contributed by atoms with E-state index in [-0.39, 0.29) is 11.8 Å². The highest BCUT2D eigenvalue weighted by Crippen LogP contribution is 2.29. The van der Waals surface area contributed by atoms with Gasteiger partial charge in [0.05, 0.1) is 17.7 Å². The van der Waals surface area contributed by atoms with Gasteiger partial charge in [-0.1, -0.05) is 26.0 Å². The number of hydrogen-bond acceptors (Lipinski definition) is 3. The van der Waals surface area contributed by atoms with Crippen molar-refractivity contribution in [2.24, 2.45) is 11.7 Å². The first-order chi connectivity index (χ1) is 9.52. The molecule has 0 heterocycles. The zero-order valence-corrected chi connectivity index (χ0v) is 12.0. The summed E-state index contributed by atoms with van der Waals surface area (Å²) < 4.78 is 0. The van der Waals surface area contributed by atoms with Crippen molar-refractivity contribution in [3.05, 3.63) is 35.4 Å². The number of amides is 1. The van der Waals surface area contributed by atoms with Crippen molar-refractivity contribution in [1.29, 1.82) is 5.26 Å². The summed E-state index contributed by atoms with van der Waals surface area (Å²) in [6.07, 6.45) is 2.12. The van der Waals surface area contributed by atoms with Crippen LogP contribution >= 0.6 is 0 Å². The minimum Gasteiger partial charge on any atom is -0.334 e. The maximum Gasteiger partial charge on any atom is 0.240 e. The third-order valence-corrected chi connectivity index (χ3v) is 3.71. The lowest BCUT2D eigenvalue weighted by molar-refractivity contribution is -0.134. The Kier molecular flexibility index (Phi) is 4.41. The summed E-state index contributed by atoms with van der Waals surface area (Å²) in [7, 11) is 0. The van der Waals surface area contributed by atoms with Crippen LogP contribution in [0, 0.1) is 17.2 Å². The molecule has 1 amide bonds. The Bertz CT molecular complexity index is 512. The fourth-order valence-electron chi connectivity index (χ4n) is 2.13. The van der Waals surface area contributed by atoms with Gasteiger partial charge in [0.1, 0.15) is 0 Å². The lowest BCUT2D eigenvalue weighted by Crippen LogP contribution is -2.47. The number of nitrogens with zero attached hydrogens (tertiary/aromatic N) is 2. The van der Waals surface area contributed by atoms with E-state index in [2.05, 4.69) is 6.07 Å². The first-order valence-corrected chi connectivity index (χ1v) is 7.08. The maximum atomic E-state index is 12.4. The standard InChI is InChI=1S/C16H21N3O/c1-11(2)15(18)16(20)19(14-7-8-14)10-13-5-3-12(9-17)4-6-13/h3-6,11,14-15H,7-8,10,18H2,1-2H3/t15-/m0/s1. The molecule has 0 aromatic heterocycles. The second-order valence-electron chi connectivity index (χ2n) is 5.78. The summed E-state index contributed by atoms with van der Waals surface area (Å²) in [6.45, 7) is 4.51. The lowest BCUT2D eigenvalue weighted by Gasteiger charge is -2.27. The summed E-state index contributed by atoms with van der Waals surface area (Å²) in [5.74, 6) is 0.177. The highest BCUT2D eigenvalue weighted by atomic mass is 16.2. The van der Waals surface area contributed by atoms with Gasteiger partial charge < -0.3 is 10.6 Å². The number of nitrogens with two attached hydrogens (primary N) is 1. The van der Waals surface area contributed by atoms with Crippen molar-refractivity contribution in [3.8, 4) is 6.07 Å². The van der Waals surface area contributed by atoms with E-state index in [1.807, 2.05) is 30.9 Å². The van der Waals surface area contributed by atoms with Crippen LogP contribution in [0.4, 0.5) is 0 Å². The van der Waals surface area contributed by atoms with Gasteiger partial charge in [0.25, 0.3) is 0 Å². The third kappa shape index (κ3) is 3.37. The minimum absolute atomic E-state index is 0.0341. The Labute approximate surface area is 120 Å². The third-order valence-electron chi connectivity index (χ3n) is 3.71. The molecule has 1 aliphatic carbocycles. The summed E-state index contributed by atoms with van der Waals surface area (Å²) in [5, 5.41) is 8.80. The van der Waals surface area contributed by atoms with Gasteiger partial charge >= 0.3 is 0 Å². The van der Waals surface area contributed by atoms with Crippen LogP contribution < -0.4 is 5.73 Å². The smallest absolute Gasteiger partial charge is 0.240 e. The Hall–Kier alpha value is -1.86. The molecule has 20 heavy (non-hydrogen) atoms. The fourth-order valence-corrected chi connectivity index (χ4v) is 2.13. The second-order valence-corrected chi connectivity index (χ2v) is 5.78. The quantitative estimate of drug-likeness (QED) is 0.890. The van der Waals surface area contributed by atoms with E-state index in [9.17, 15) is 4.79 Å². The summed E-state index contributed by atoms with van der Waals surface area (Å²) >= 11 is 0. The van der Waals surface area contributed by atoms with E-state index in [0.717, 1.165) is 18.4 Å². The van der Waals surface area contributed by atoms with Crippen molar-refractivity contribution in [1.82, 2.24) is 4.90 Å². The molecule has 0 spiro atoms. The van der Waals surface area contributed by atoms with Crippen LogP contribution in [-0.2, 0) is 11.3 Å². The molecule has 1 fully saturated rings. The normalized spacial score (nSPS) is 15.8. The Morgan fingerprint density at radius 1 is 1.40 bits per heavy atom. The van der Waals surface area contributed by atoms with Crippen molar-refractivity contribution < 1.29 is 4.79 Å². The molecule has 2 rings (SSSR count). The number of carbonyl (C=O) groups is 1. The van der Waals surface area contributed by atoms with E-state index < -0.39 is 6.04 Å². The van der Waals surface area contributed by atoms with Gasteiger partial charge in [-0.25, -0.2) is 0 Å². The van der Waals surface area contributed by atoms with Gasteiger partial charge in [0.2, 0.25) is 5.91 Å². The Morgan fingerprint density at radius 3 is 2.45 bits per heavy atom. The van der Waals surface area contributed by atoms with E-state index in [4.69, 9.17) is 11.0 Å². The maximum absolute atomic E-state index is 12.4. The monoisotopic (exact) mass is 271 g/mol. The van der Waals surface area contributed by atoms with Crippen LogP contribution in [0.15, 0.2) is 24.3 Å². The first-order valence-electron chi connectivity index (χ1n) is 7.08. The zero-order chi connectivity index (χ0) is 14.7. The Balaban J connectivity index is 2.09. The Morgan fingerprint density at radius 2 is 2.00 bits per heavy atom. The lowest BCUT2D eigenvalue weighted by atomic mass is 10.0. The van der Waals surface area contributed by atoms with E-state index in [0.29, 0.717) is 18.2 Å². The number of carbonyl (C=O) groups excluding carboxylic acids is 1. The molecule has 1 aromatic rings. The van der Waals surface area contributed by atoms with Crippen molar-refractivity contribution in [2.45, 2.75) is 45.3 Å². The molecule has 1 aliphatic rings. The SMILES string of the molecule is CC(C)[C@H](N)C(=O)N(Cc1ccc(C#N)cc1)C1CC1. The molecule has 0 saturated heterocycles. The second kappa shape index (κ2) is 6.06. The van der Waals surface area contributed by atoms with Crippen molar-refractivity contribution in [3.63, 3.8) is 0 Å². The van der Waals surface area contributed by atoms with Crippen LogP contribution in [0.1, 0.15) is 37.8 Å². The molecule has 4 heteroatoms. The van der Waals surface area contributed by atoms with Gasteiger partial charge in [-0.05, 0) is 36.5 Å². The highest BCUT2D eigenvalue weighted by Gasteiger charge is 2.35. The number of rotatable bonds is 5. The predicted molar refractivity (Wildman–Crippen MR) is 77.5 cm³/mol. The topological polar surface area (TPSA) is 70.1 Å². The first kappa shape index (κ1) is 14.5. The fraction of sp³-hybridized carbons (Fsp3) is 0.500.